The van der Waals surface area contributed by atoms with E-state index in [0.29, 0.717) is 22.7 Å². The Labute approximate surface area is 141 Å². The number of benzene rings is 1. The number of carbonyl (C=O) groups excluding carboxylic acids is 1. The summed E-state index contributed by atoms with van der Waals surface area (Å²) in [6.07, 6.45) is 4.51. The summed E-state index contributed by atoms with van der Waals surface area (Å²) in [6.45, 7) is 3.70. The molecule has 2 aromatic rings. The summed E-state index contributed by atoms with van der Waals surface area (Å²) in [4.78, 5) is 19.9. The number of aryl methyl sites for hydroxylation is 1. The number of carbonyl (C=O) groups is 1. The third-order valence-electron chi connectivity index (χ3n) is 2.82. The number of hydrogen-bond acceptors (Lipinski definition) is 7. The highest BCUT2D eigenvalue weighted by atomic mass is 32.2. The summed E-state index contributed by atoms with van der Waals surface area (Å²) in [6, 6.07) is 6.88. The Hall–Kier alpha value is -2.48. The van der Waals surface area contributed by atoms with Crippen LogP contribution in [0.3, 0.4) is 0 Å². The van der Waals surface area contributed by atoms with Crippen molar-refractivity contribution in [1.29, 1.82) is 0 Å². The number of aromatic nitrogens is 2. The van der Waals surface area contributed by atoms with E-state index in [1.54, 1.807) is 50.6 Å². The quantitative estimate of drug-likeness (QED) is 0.770. The molecule has 8 heteroatoms. The van der Waals surface area contributed by atoms with Crippen LogP contribution in [0.15, 0.2) is 34.8 Å². The maximum atomic E-state index is 11.7. The zero-order chi connectivity index (χ0) is 17.7. The Balaban J connectivity index is 2.15. The number of hydrogen-bond donors (Lipinski definition) is 0. The predicted molar refractivity (Wildman–Crippen MR) is 91.3 cm³/mol. The molecule has 0 spiro atoms. The van der Waals surface area contributed by atoms with Crippen molar-refractivity contribution in [2.75, 3.05) is 19.1 Å². The first kappa shape index (κ1) is 17.9. The molecule has 0 aliphatic rings. The smallest absolute Gasteiger partial charge is 0.341 e. The van der Waals surface area contributed by atoms with Crippen LogP contribution >= 0.6 is 0 Å². The zero-order valence-electron chi connectivity index (χ0n) is 14.0. The van der Waals surface area contributed by atoms with E-state index in [1.807, 2.05) is 0 Å². The maximum Gasteiger partial charge on any atom is 0.341 e. The normalized spacial score (nSPS) is 11.0. The van der Waals surface area contributed by atoms with Crippen molar-refractivity contribution in [2.24, 2.45) is 4.36 Å². The van der Waals surface area contributed by atoms with Gasteiger partial charge in [0.25, 0.3) is 0 Å². The molecule has 0 N–H and O–H groups in total. The first-order chi connectivity index (χ1) is 11.3. The highest BCUT2D eigenvalue weighted by Crippen LogP contribution is 2.23. The average molecular weight is 349 g/mol. The molecule has 24 heavy (non-hydrogen) atoms. The number of ether oxygens (including phenoxy) is 2. The summed E-state index contributed by atoms with van der Waals surface area (Å²) in [7, 11) is -2.21. The van der Waals surface area contributed by atoms with Gasteiger partial charge in [0, 0.05) is 28.4 Å². The Bertz CT molecular complexity index is 848. The van der Waals surface area contributed by atoms with E-state index < -0.39 is 15.7 Å². The van der Waals surface area contributed by atoms with Crippen molar-refractivity contribution in [3.05, 3.63) is 41.7 Å². The molecule has 0 saturated carbocycles. The lowest BCUT2D eigenvalue weighted by Gasteiger charge is -2.07. The number of nitrogens with zero attached hydrogens (tertiary/aromatic N) is 3. The van der Waals surface area contributed by atoms with E-state index in [2.05, 4.69) is 14.3 Å². The van der Waals surface area contributed by atoms with Gasteiger partial charge < -0.3 is 9.47 Å². The van der Waals surface area contributed by atoms with Gasteiger partial charge in [0.05, 0.1) is 23.6 Å². The summed E-state index contributed by atoms with van der Waals surface area (Å²) < 4.78 is 26.2. The molecule has 1 heterocycles. The molecular formula is C16H19N3O4S. The second-order valence-electron chi connectivity index (χ2n) is 5.24. The lowest BCUT2D eigenvalue weighted by Crippen LogP contribution is -2.09. The SMILES string of the molecule is CCOC(=O)c1cnc(Oc2ccc(N=S(C)(C)=O)cc2)nc1C. The maximum absolute atomic E-state index is 11.7. The van der Waals surface area contributed by atoms with Crippen LogP contribution in [-0.2, 0) is 14.5 Å². The minimum atomic E-state index is -2.21. The van der Waals surface area contributed by atoms with Gasteiger partial charge in [-0.25, -0.2) is 14.0 Å². The predicted octanol–water partition coefficient (Wildman–Crippen LogP) is 3.11. The Kier molecular flexibility index (Phi) is 5.50. The van der Waals surface area contributed by atoms with Gasteiger partial charge >= 0.3 is 12.0 Å². The van der Waals surface area contributed by atoms with Crippen LogP contribution in [0.25, 0.3) is 0 Å². The van der Waals surface area contributed by atoms with E-state index in [1.165, 1.54) is 6.20 Å². The van der Waals surface area contributed by atoms with E-state index in [0.717, 1.165) is 0 Å². The van der Waals surface area contributed by atoms with Gasteiger partial charge in [-0.1, -0.05) is 0 Å². The monoisotopic (exact) mass is 349 g/mol. The van der Waals surface area contributed by atoms with Gasteiger partial charge in [-0.15, -0.1) is 0 Å². The topological polar surface area (TPSA) is 90.7 Å². The fourth-order valence-electron chi connectivity index (χ4n) is 1.84. The molecule has 0 fully saturated rings. The third kappa shape index (κ3) is 5.02. The lowest BCUT2D eigenvalue weighted by atomic mass is 10.2. The third-order valence-corrected chi connectivity index (χ3v) is 3.47. The largest absolute Gasteiger partial charge is 0.462 e. The van der Waals surface area contributed by atoms with Crippen molar-refractivity contribution >= 4 is 21.4 Å². The first-order valence-corrected chi connectivity index (χ1v) is 9.57. The molecular weight excluding hydrogens is 330 g/mol. The van der Waals surface area contributed by atoms with E-state index >= 15 is 0 Å². The van der Waals surface area contributed by atoms with Crippen LogP contribution < -0.4 is 4.74 Å². The standard InChI is InChI=1S/C16H19N3O4S/c1-5-22-15(20)14-10-17-16(18-11(14)2)23-13-8-6-12(7-9-13)19-24(3,4)21/h6-10H,5H2,1-4H3. The molecule has 0 bridgehead atoms. The lowest BCUT2D eigenvalue weighted by molar-refractivity contribution is 0.0524. The second-order valence-corrected chi connectivity index (χ2v) is 7.79. The molecule has 0 amide bonds. The van der Waals surface area contributed by atoms with Gasteiger partial charge in [0.1, 0.15) is 5.75 Å². The molecule has 128 valence electrons. The van der Waals surface area contributed by atoms with Crippen LogP contribution in [0.2, 0.25) is 0 Å². The Morgan fingerprint density at radius 1 is 1.25 bits per heavy atom. The van der Waals surface area contributed by atoms with Crippen LogP contribution in [0.4, 0.5) is 5.69 Å². The highest BCUT2D eigenvalue weighted by molar-refractivity contribution is 7.92. The minimum absolute atomic E-state index is 0.125. The van der Waals surface area contributed by atoms with Gasteiger partial charge in [0.15, 0.2) is 0 Å². The van der Waals surface area contributed by atoms with Gasteiger partial charge in [0.2, 0.25) is 0 Å². The van der Waals surface area contributed by atoms with Crippen molar-refractivity contribution in [3.63, 3.8) is 0 Å². The molecule has 1 aromatic carbocycles. The molecule has 0 unspecified atom stereocenters. The summed E-state index contributed by atoms with van der Waals surface area (Å²) in [5, 5.41) is 0. The molecule has 0 radical (unpaired) electrons. The number of esters is 1. The molecule has 2 rings (SSSR count). The summed E-state index contributed by atoms with van der Waals surface area (Å²) in [5.74, 6) is 0.0474. The average Bonchev–Trinajstić information content (AvgIpc) is 2.48. The van der Waals surface area contributed by atoms with E-state index in [4.69, 9.17) is 9.47 Å². The Morgan fingerprint density at radius 3 is 2.46 bits per heavy atom. The van der Waals surface area contributed by atoms with E-state index in [9.17, 15) is 9.00 Å². The van der Waals surface area contributed by atoms with Crippen LogP contribution in [0.5, 0.6) is 11.8 Å². The summed E-state index contributed by atoms with van der Waals surface area (Å²) >= 11 is 0. The van der Waals surface area contributed by atoms with Crippen LogP contribution in [0.1, 0.15) is 23.0 Å². The first-order valence-electron chi connectivity index (χ1n) is 7.24. The minimum Gasteiger partial charge on any atom is -0.462 e. The van der Waals surface area contributed by atoms with E-state index in [-0.39, 0.29) is 12.6 Å². The van der Waals surface area contributed by atoms with Gasteiger partial charge in [-0.05, 0) is 38.1 Å². The Morgan fingerprint density at radius 2 is 1.92 bits per heavy atom. The molecule has 0 aliphatic heterocycles. The molecule has 0 aliphatic carbocycles. The van der Waals surface area contributed by atoms with Gasteiger partial charge in [-0.2, -0.15) is 9.35 Å². The van der Waals surface area contributed by atoms with Crippen molar-refractivity contribution < 1.29 is 18.5 Å². The fraction of sp³-hybridized carbons (Fsp3) is 0.312. The highest BCUT2D eigenvalue weighted by Gasteiger charge is 2.13. The zero-order valence-corrected chi connectivity index (χ0v) is 14.8. The second kappa shape index (κ2) is 7.39. The van der Waals surface area contributed by atoms with Crippen LogP contribution in [-0.4, -0.2) is 39.3 Å². The molecule has 7 nitrogen and oxygen atoms in total. The number of rotatable bonds is 5. The van der Waals surface area contributed by atoms with Crippen molar-refractivity contribution in [3.8, 4) is 11.8 Å². The molecule has 1 aromatic heterocycles. The van der Waals surface area contributed by atoms with Crippen molar-refractivity contribution in [1.82, 2.24) is 9.97 Å². The van der Waals surface area contributed by atoms with Crippen LogP contribution in [0, 0.1) is 6.92 Å². The molecule has 0 atom stereocenters. The van der Waals surface area contributed by atoms with Gasteiger partial charge in [-0.3, -0.25) is 0 Å². The molecule has 0 saturated heterocycles. The summed E-state index contributed by atoms with van der Waals surface area (Å²) in [5.41, 5.74) is 1.38. The fourth-order valence-corrected chi connectivity index (χ4v) is 2.47. The van der Waals surface area contributed by atoms with Crippen molar-refractivity contribution in [2.45, 2.75) is 13.8 Å².